The van der Waals surface area contributed by atoms with E-state index >= 15 is 0 Å². The predicted molar refractivity (Wildman–Crippen MR) is 117 cm³/mol. The van der Waals surface area contributed by atoms with E-state index in [-0.39, 0.29) is 0 Å². The maximum atomic E-state index is 6.33. The maximum absolute atomic E-state index is 6.33. The summed E-state index contributed by atoms with van der Waals surface area (Å²) in [6.07, 6.45) is 1.83. The fraction of sp³-hybridized carbons (Fsp3) is 0.364. The standard InChI is InChI=1S/C22H26BN3O3/c1-21(2)22(3,4)29-23(28-21)17-12-15(14-10-8-7-9-11-14)16-13-25-20(24-5)26-18(16)19(17)27-6/h7-13H,1-6H3,(H,24,25,26). The number of anilines is 1. The largest absolute Gasteiger partial charge is 0.498 e. The van der Waals surface area contributed by atoms with Crippen molar-refractivity contribution in [1.29, 1.82) is 0 Å². The van der Waals surface area contributed by atoms with Crippen molar-refractivity contribution in [2.45, 2.75) is 38.9 Å². The van der Waals surface area contributed by atoms with E-state index in [1.54, 1.807) is 14.2 Å². The molecule has 0 atom stereocenters. The zero-order chi connectivity index (χ0) is 20.8. The third-order valence-corrected chi connectivity index (χ3v) is 5.88. The molecule has 150 valence electrons. The van der Waals surface area contributed by atoms with E-state index in [1.807, 2.05) is 52.1 Å². The molecular formula is C22H26BN3O3. The molecule has 0 amide bonds. The second-order valence-electron chi connectivity index (χ2n) is 8.21. The number of hydrogen-bond donors (Lipinski definition) is 1. The Kier molecular flexibility index (Phi) is 4.75. The van der Waals surface area contributed by atoms with E-state index in [0.717, 1.165) is 27.5 Å². The third kappa shape index (κ3) is 3.24. The van der Waals surface area contributed by atoms with Crippen LogP contribution in [0.15, 0.2) is 42.6 Å². The summed E-state index contributed by atoms with van der Waals surface area (Å²) in [6, 6.07) is 12.2. The monoisotopic (exact) mass is 391 g/mol. The fourth-order valence-electron chi connectivity index (χ4n) is 3.52. The molecule has 2 heterocycles. The number of benzene rings is 2. The van der Waals surface area contributed by atoms with Gasteiger partial charge in [-0.15, -0.1) is 0 Å². The molecule has 1 fully saturated rings. The fourth-order valence-corrected chi connectivity index (χ4v) is 3.52. The van der Waals surface area contributed by atoms with Gasteiger partial charge in [-0.1, -0.05) is 36.4 Å². The van der Waals surface area contributed by atoms with Gasteiger partial charge in [0, 0.05) is 24.1 Å². The van der Waals surface area contributed by atoms with Crippen LogP contribution in [0.25, 0.3) is 22.0 Å². The summed E-state index contributed by atoms with van der Waals surface area (Å²) < 4.78 is 18.5. The number of hydrogen-bond acceptors (Lipinski definition) is 6. The van der Waals surface area contributed by atoms with Crippen LogP contribution >= 0.6 is 0 Å². The van der Waals surface area contributed by atoms with Crippen LogP contribution < -0.4 is 15.5 Å². The molecule has 1 aliphatic rings. The number of methoxy groups -OCH3 is 1. The van der Waals surface area contributed by atoms with Gasteiger partial charge >= 0.3 is 7.12 Å². The van der Waals surface area contributed by atoms with Crippen molar-refractivity contribution in [3.63, 3.8) is 0 Å². The molecule has 0 saturated carbocycles. The highest BCUT2D eigenvalue weighted by Gasteiger charge is 2.52. The molecule has 0 radical (unpaired) electrons. The second-order valence-corrected chi connectivity index (χ2v) is 8.21. The van der Waals surface area contributed by atoms with Crippen LogP contribution in [0.5, 0.6) is 5.75 Å². The number of aromatic nitrogens is 2. The van der Waals surface area contributed by atoms with Crippen LogP contribution in [-0.2, 0) is 9.31 Å². The van der Waals surface area contributed by atoms with Crippen molar-refractivity contribution < 1.29 is 14.0 Å². The van der Waals surface area contributed by atoms with Crippen molar-refractivity contribution in [3.8, 4) is 16.9 Å². The zero-order valence-electron chi connectivity index (χ0n) is 17.7. The summed E-state index contributed by atoms with van der Waals surface area (Å²) >= 11 is 0. The van der Waals surface area contributed by atoms with E-state index in [1.165, 1.54) is 0 Å². The number of fused-ring (bicyclic) bond motifs is 1. The van der Waals surface area contributed by atoms with Gasteiger partial charge in [0.2, 0.25) is 5.95 Å². The average Bonchev–Trinajstić information content (AvgIpc) is 2.93. The van der Waals surface area contributed by atoms with Crippen LogP contribution in [0.3, 0.4) is 0 Å². The lowest BCUT2D eigenvalue weighted by atomic mass is 9.76. The quantitative estimate of drug-likeness (QED) is 0.685. The molecule has 0 spiro atoms. The van der Waals surface area contributed by atoms with E-state index in [2.05, 4.69) is 28.5 Å². The number of rotatable bonds is 4. The van der Waals surface area contributed by atoms with Crippen molar-refractivity contribution in [3.05, 3.63) is 42.6 Å². The first-order chi connectivity index (χ1) is 13.8. The Bertz CT molecular complexity index is 1040. The highest BCUT2D eigenvalue weighted by atomic mass is 16.7. The first kappa shape index (κ1) is 19.7. The molecular weight excluding hydrogens is 365 g/mol. The van der Waals surface area contributed by atoms with Crippen LogP contribution in [0.1, 0.15) is 27.7 Å². The van der Waals surface area contributed by atoms with Gasteiger partial charge in [0.1, 0.15) is 11.3 Å². The van der Waals surface area contributed by atoms with E-state index in [0.29, 0.717) is 11.7 Å². The Morgan fingerprint density at radius 2 is 1.69 bits per heavy atom. The summed E-state index contributed by atoms with van der Waals surface area (Å²) in [5.74, 6) is 1.16. The van der Waals surface area contributed by atoms with Crippen molar-refractivity contribution >= 4 is 29.4 Å². The molecule has 0 aliphatic carbocycles. The molecule has 1 N–H and O–H groups in total. The molecule has 2 aromatic carbocycles. The lowest BCUT2D eigenvalue weighted by Gasteiger charge is -2.32. The maximum Gasteiger partial charge on any atom is 0.498 e. The minimum atomic E-state index is -0.560. The SMILES string of the molecule is CNc1ncc2c(-c3ccccc3)cc(B3OC(C)(C)C(C)(C)O3)c(OC)c2n1. The van der Waals surface area contributed by atoms with Gasteiger partial charge in [-0.05, 0) is 38.8 Å². The van der Waals surface area contributed by atoms with E-state index in [9.17, 15) is 0 Å². The van der Waals surface area contributed by atoms with Crippen LogP contribution in [-0.4, -0.2) is 42.4 Å². The van der Waals surface area contributed by atoms with Gasteiger partial charge in [0.25, 0.3) is 0 Å². The Balaban J connectivity index is 1.99. The lowest BCUT2D eigenvalue weighted by Crippen LogP contribution is -2.41. The smallest absolute Gasteiger partial charge is 0.495 e. The Hall–Kier alpha value is -2.64. The third-order valence-electron chi connectivity index (χ3n) is 5.88. The first-order valence-electron chi connectivity index (χ1n) is 9.74. The van der Waals surface area contributed by atoms with E-state index in [4.69, 9.17) is 19.0 Å². The molecule has 6 nitrogen and oxygen atoms in total. The van der Waals surface area contributed by atoms with Crippen LogP contribution in [0.4, 0.5) is 5.95 Å². The molecule has 4 rings (SSSR count). The molecule has 1 aliphatic heterocycles. The summed E-state index contributed by atoms with van der Waals surface area (Å²) in [7, 11) is 2.88. The highest BCUT2D eigenvalue weighted by Crippen LogP contribution is 2.39. The molecule has 29 heavy (non-hydrogen) atoms. The first-order valence-corrected chi connectivity index (χ1v) is 9.74. The van der Waals surface area contributed by atoms with Crippen LogP contribution in [0.2, 0.25) is 0 Å². The van der Waals surface area contributed by atoms with Gasteiger partial charge < -0.3 is 19.4 Å². The minimum absolute atomic E-state index is 0.452. The van der Waals surface area contributed by atoms with Crippen molar-refractivity contribution in [1.82, 2.24) is 9.97 Å². The van der Waals surface area contributed by atoms with Crippen molar-refractivity contribution in [2.75, 3.05) is 19.5 Å². The summed E-state index contributed by atoms with van der Waals surface area (Å²) in [6.45, 7) is 8.17. The zero-order valence-corrected chi connectivity index (χ0v) is 17.7. The predicted octanol–water partition coefficient (Wildman–Crippen LogP) is 3.65. The van der Waals surface area contributed by atoms with Gasteiger partial charge in [0.15, 0.2) is 0 Å². The number of nitrogens with one attached hydrogen (secondary N) is 1. The van der Waals surface area contributed by atoms with Crippen LogP contribution in [0, 0.1) is 0 Å². The summed E-state index contributed by atoms with van der Waals surface area (Å²) in [4.78, 5) is 9.12. The molecule has 0 unspecified atom stereocenters. The van der Waals surface area contributed by atoms with Crippen molar-refractivity contribution in [2.24, 2.45) is 0 Å². The van der Waals surface area contributed by atoms with Gasteiger partial charge in [-0.3, -0.25) is 0 Å². The summed E-state index contributed by atoms with van der Waals surface area (Å²) in [5, 5.41) is 3.91. The molecule has 1 aromatic heterocycles. The van der Waals surface area contributed by atoms with Gasteiger partial charge in [-0.25, -0.2) is 9.97 Å². The minimum Gasteiger partial charge on any atom is -0.495 e. The molecule has 1 saturated heterocycles. The van der Waals surface area contributed by atoms with Gasteiger partial charge in [-0.2, -0.15) is 0 Å². The lowest BCUT2D eigenvalue weighted by molar-refractivity contribution is 0.00578. The van der Waals surface area contributed by atoms with Gasteiger partial charge in [0.05, 0.1) is 18.3 Å². The number of ether oxygens (including phenoxy) is 1. The Morgan fingerprint density at radius 1 is 1.03 bits per heavy atom. The molecule has 3 aromatic rings. The normalized spacial score (nSPS) is 17.5. The molecule has 7 heteroatoms. The Labute approximate surface area is 171 Å². The highest BCUT2D eigenvalue weighted by molar-refractivity contribution is 6.64. The van der Waals surface area contributed by atoms with E-state index < -0.39 is 18.3 Å². The topological polar surface area (TPSA) is 65.5 Å². The second kappa shape index (κ2) is 7.00. The summed E-state index contributed by atoms with van der Waals surface area (Å²) in [5.41, 5.74) is 2.71. The number of nitrogens with zero attached hydrogens (tertiary/aromatic N) is 2. The Morgan fingerprint density at radius 3 is 2.28 bits per heavy atom. The molecule has 0 bridgehead atoms. The average molecular weight is 391 g/mol.